The first-order valence-corrected chi connectivity index (χ1v) is 7.83. The van der Waals surface area contributed by atoms with E-state index in [1.165, 1.54) is 47.1 Å². The minimum Gasteiger partial charge on any atom is -0.271 e. The molecule has 1 aliphatic carbocycles. The van der Waals surface area contributed by atoms with Crippen molar-refractivity contribution < 1.29 is 0 Å². The van der Waals surface area contributed by atoms with Crippen LogP contribution in [-0.2, 0) is 0 Å². The average Bonchev–Trinajstić information content (AvgIpc) is 2.41. The fourth-order valence-corrected chi connectivity index (χ4v) is 3.36. The number of hydrazine groups is 1. The highest BCUT2D eigenvalue weighted by molar-refractivity contribution is 5.43. The number of aryl methyl sites for hydroxylation is 2. The Labute approximate surface area is 127 Å². The molecule has 0 aromatic heterocycles. The molecule has 1 unspecified atom stereocenters. The maximum Gasteiger partial charge on any atom is 0.0715 e. The van der Waals surface area contributed by atoms with Crippen LogP contribution in [-0.4, -0.2) is 0 Å². The van der Waals surface area contributed by atoms with Gasteiger partial charge in [-0.05, 0) is 60.4 Å². The molecule has 2 aromatic carbocycles. The number of benzene rings is 2. The van der Waals surface area contributed by atoms with Gasteiger partial charge in [-0.3, -0.25) is 5.84 Å². The van der Waals surface area contributed by atoms with Crippen LogP contribution in [0.25, 0.3) is 0 Å². The monoisotopic (exact) mass is 280 g/mol. The molecule has 0 spiro atoms. The third-order valence-corrected chi connectivity index (χ3v) is 4.82. The summed E-state index contributed by atoms with van der Waals surface area (Å²) in [5.74, 6) is 6.65. The van der Waals surface area contributed by atoms with Gasteiger partial charge in [0.05, 0.1) is 6.04 Å². The second-order valence-electron chi connectivity index (χ2n) is 6.20. The quantitative estimate of drug-likeness (QED) is 0.653. The zero-order chi connectivity index (χ0) is 14.8. The van der Waals surface area contributed by atoms with Gasteiger partial charge in [0.25, 0.3) is 0 Å². The van der Waals surface area contributed by atoms with Crippen LogP contribution < -0.4 is 11.3 Å². The number of nitrogens with one attached hydrogen (secondary N) is 1. The topological polar surface area (TPSA) is 38.0 Å². The minimum atomic E-state index is 0.0613. The van der Waals surface area contributed by atoms with Gasteiger partial charge in [-0.2, -0.15) is 0 Å². The Morgan fingerprint density at radius 2 is 1.71 bits per heavy atom. The molecule has 21 heavy (non-hydrogen) atoms. The second-order valence-corrected chi connectivity index (χ2v) is 6.20. The maximum atomic E-state index is 5.90. The molecule has 0 bridgehead atoms. The largest absolute Gasteiger partial charge is 0.271 e. The smallest absolute Gasteiger partial charge is 0.0715 e. The Morgan fingerprint density at radius 3 is 2.29 bits per heavy atom. The van der Waals surface area contributed by atoms with Crippen molar-refractivity contribution >= 4 is 0 Å². The van der Waals surface area contributed by atoms with Crippen molar-refractivity contribution in [1.29, 1.82) is 0 Å². The molecule has 1 saturated carbocycles. The normalized spacial score (nSPS) is 16.5. The predicted octanol–water partition coefficient (Wildman–Crippen LogP) is 4.12. The van der Waals surface area contributed by atoms with E-state index in [9.17, 15) is 0 Å². The van der Waals surface area contributed by atoms with Crippen molar-refractivity contribution in [1.82, 2.24) is 5.43 Å². The Morgan fingerprint density at radius 1 is 1.05 bits per heavy atom. The van der Waals surface area contributed by atoms with Crippen LogP contribution in [0.1, 0.15) is 59.0 Å². The summed E-state index contributed by atoms with van der Waals surface area (Å²) in [6.07, 6.45) is 4.02. The van der Waals surface area contributed by atoms with Crippen molar-refractivity contribution in [2.45, 2.75) is 45.1 Å². The summed E-state index contributed by atoms with van der Waals surface area (Å²) in [4.78, 5) is 0. The summed E-state index contributed by atoms with van der Waals surface area (Å²) in [7, 11) is 0. The van der Waals surface area contributed by atoms with E-state index in [-0.39, 0.29) is 6.04 Å². The van der Waals surface area contributed by atoms with Crippen LogP contribution in [0.3, 0.4) is 0 Å². The predicted molar refractivity (Wildman–Crippen MR) is 88.1 cm³/mol. The third-order valence-electron chi connectivity index (χ3n) is 4.82. The van der Waals surface area contributed by atoms with Gasteiger partial charge in [0, 0.05) is 0 Å². The van der Waals surface area contributed by atoms with Crippen LogP contribution in [0.4, 0.5) is 0 Å². The molecule has 1 fully saturated rings. The van der Waals surface area contributed by atoms with Crippen molar-refractivity contribution in [2.75, 3.05) is 0 Å². The lowest BCUT2D eigenvalue weighted by atomic mass is 9.79. The molecule has 3 N–H and O–H groups in total. The molecule has 1 aliphatic rings. The third kappa shape index (κ3) is 2.74. The van der Waals surface area contributed by atoms with Crippen LogP contribution in [0.15, 0.2) is 42.5 Å². The Bertz CT molecular complexity index is 609. The van der Waals surface area contributed by atoms with Gasteiger partial charge in [0.15, 0.2) is 0 Å². The highest BCUT2D eigenvalue weighted by Crippen LogP contribution is 2.37. The van der Waals surface area contributed by atoms with Gasteiger partial charge < -0.3 is 0 Å². The van der Waals surface area contributed by atoms with Gasteiger partial charge in [0.1, 0.15) is 0 Å². The Hall–Kier alpha value is -1.64. The summed E-state index contributed by atoms with van der Waals surface area (Å²) in [6, 6.07) is 15.4. The van der Waals surface area contributed by atoms with Crippen LogP contribution >= 0.6 is 0 Å². The standard InChI is InChI=1S/C19H24N2/c1-13-6-3-7-14(2)18(13)19(21-20)17-11-5-10-16(12-17)15-8-4-9-15/h3,5-7,10-12,15,19,21H,4,8-9,20H2,1-2H3. The first kappa shape index (κ1) is 14.3. The van der Waals surface area contributed by atoms with Gasteiger partial charge >= 0.3 is 0 Å². The van der Waals surface area contributed by atoms with E-state index in [0.29, 0.717) is 0 Å². The zero-order valence-corrected chi connectivity index (χ0v) is 12.9. The molecular weight excluding hydrogens is 256 g/mol. The molecule has 0 amide bonds. The van der Waals surface area contributed by atoms with Crippen LogP contribution in [0, 0.1) is 13.8 Å². The van der Waals surface area contributed by atoms with Crippen molar-refractivity contribution in [3.8, 4) is 0 Å². The number of hydrogen-bond acceptors (Lipinski definition) is 2. The average molecular weight is 280 g/mol. The van der Waals surface area contributed by atoms with Crippen molar-refractivity contribution in [2.24, 2.45) is 5.84 Å². The molecule has 110 valence electrons. The van der Waals surface area contributed by atoms with Gasteiger partial charge in [-0.1, -0.05) is 48.9 Å². The first-order chi connectivity index (χ1) is 10.2. The van der Waals surface area contributed by atoms with Crippen LogP contribution in [0.5, 0.6) is 0 Å². The fourth-order valence-electron chi connectivity index (χ4n) is 3.36. The molecule has 3 rings (SSSR count). The van der Waals surface area contributed by atoms with Crippen molar-refractivity contribution in [3.63, 3.8) is 0 Å². The molecule has 0 saturated heterocycles. The van der Waals surface area contributed by atoms with E-state index in [1.807, 2.05) is 0 Å². The summed E-state index contributed by atoms with van der Waals surface area (Å²) in [6.45, 7) is 4.31. The van der Waals surface area contributed by atoms with Gasteiger partial charge in [-0.15, -0.1) is 0 Å². The van der Waals surface area contributed by atoms with E-state index >= 15 is 0 Å². The SMILES string of the molecule is Cc1cccc(C)c1C(NN)c1cccc(C2CCC2)c1. The lowest BCUT2D eigenvalue weighted by Gasteiger charge is -2.27. The molecule has 1 atom stereocenters. The van der Waals surface area contributed by atoms with Crippen molar-refractivity contribution in [3.05, 3.63) is 70.3 Å². The first-order valence-electron chi connectivity index (χ1n) is 7.83. The summed E-state index contributed by atoms with van der Waals surface area (Å²) in [5, 5.41) is 0. The lowest BCUT2D eigenvalue weighted by molar-refractivity contribution is 0.419. The number of hydrogen-bond donors (Lipinski definition) is 2. The molecular formula is C19H24N2. The van der Waals surface area contributed by atoms with Gasteiger partial charge in [0.2, 0.25) is 0 Å². The maximum absolute atomic E-state index is 5.90. The minimum absolute atomic E-state index is 0.0613. The molecule has 2 nitrogen and oxygen atoms in total. The van der Waals surface area contributed by atoms with E-state index < -0.39 is 0 Å². The molecule has 2 heteroatoms. The Kier molecular flexibility index (Phi) is 4.09. The Balaban J connectivity index is 2.00. The van der Waals surface area contributed by atoms with E-state index in [4.69, 9.17) is 5.84 Å². The molecule has 0 aliphatic heterocycles. The number of nitrogens with two attached hydrogens (primary N) is 1. The molecule has 0 heterocycles. The van der Waals surface area contributed by atoms with E-state index in [1.54, 1.807) is 0 Å². The zero-order valence-electron chi connectivity index (χ0n) is 12.9. The highest BCUT2D eigenvalue weighted by Gasteiger charge is 2.22. The van der Waals surface area contributed by atoms with E-state index in [0.717, 1.165) is 5.92 Å². The molecule has 2 aromatic rings. The summed E-state index contributed by atoms with van der Waals surface area (Å²) >= 11 is 0. The second kappa shape index (κ2) is 6.00. The summed E-state index contributed by atoms with van der Waals surface area (Å²) in [5.41, 5.74) is 9.61. The lowest BCUT2D eigenvalue weighted by Crippen LogP contribution is -2.30. The molecule has 0 radical (unpaired) electrons. The van der Waals surface area contributed by atoms with Gasteiger partial charge in [-0.25, -0.2) is 5.43 Å². The van der Waals surface area contributed by atoms with Crippen LogP contribution in [0.2, 0.25) is 0 Å². The number of rotatable bonds is 4. The fraction of sp³-hybridized carbons (Fsp3) is 0.368. The highest BCUT2D eigenvalue weighted by atomic mass is 15.2. The summed E-state index contributed by atoms with van der Waals surface area (Å²) < 4.78 is 0. The van der Waals surface area contributed by atoms with E-state index in [2.05, 4.69) is 61.7 Å².